The summed E-state index contributed by atoms with van der Waals surface area (Å²) in [6.07, 6.45) is 3.48. The fourth-order valence-electron chi connectivity index (χ4n) is 4.71. The van der Waals surface area contributed by atoms with E-state index in [2.05, 4.69) is 70.9 Å². The first-order chi connectivity index (χ1) is 15.1. The zero-order valence-corrected chi connectivity index (χ0v) is 19.2. The highest BCUT2D eigenvalue weighted by molar-refractivity contribution is 7.80. The molecule has 1 saturated heterocycles. The van der Waals surface area contributed by atoms with Gasteiger partial charge in [-0.15, -0.1) is 0 Å². The normalized spacial score (nSPS) is 18.5. The van der Waals surface area contributed by atoms with Crippen LogP contribution in [0.25, 0.3) is 5.69 Å². The second-order valence-electron chi connectivity index (χ2n) is 8.04. The van der Waals surface area contributed by atoms with Crippen LogP contribution in [0.5, 0.6) is 0 Å². The molecule has 0 unspecified atom stereocenters. The summed E-state index contributed by atoms with van der Waals surface area (Å²) >= 11 is 5.72. The van der Waals surface area contributed by atoms with Gasteiger partial charge in [0.05, 0.1) is 17.8 Å². The van der Waals surface area contributed by atoms with E-state index < -0.39 is 0 Å². The molecule has 0 amide bonds. The average molecular weight is 435 g/mol. The molecule has 1 aliphatic heterocycles. The molecule has 2 N–H and O–H groups in total. The number of aryl methyl sites for hydroxylation is 2. The van der Waals surface area contributed by atoms with Gasteiger partial charge in [-0.1, -0.05) is 31.2 Å². The van der Waals surface area contributed by atoms with Crippen molar-refractivity contribution in [3.63, 3.8) is 0 Å². The van der Waals surface area contributed by atoms with Gasteiger partial charge in [-0.3, -0.25) is 4.98 Å². The van der Waals surface area contributed by atoms with Crippen molar-refractivity contribution in [1.82, 2.24) is 19.8 Å². The van der Waals surface area contributed by atoms with Crippen molar-refractivity contribution in [2.45, 2.75) is 45.7 Å². The van der Waals surface area contributed by atoms with Crippen molar-refractivity contribution in [2.75, 3.05) is 13.2 Å². The number of thiocarbonyl (C=S) groups is 1. The Labute approximate surface area is 189 Å². The van der Waals surface area contributed by atoms with Gasteiger partial charge in [0, 0.05) is 36.4 Å². The monoisotopic (exact) mass is 434 g/mol. The van der Waals surface area contributed by atoms with E-state index in [4.69, 9.17) is 12.2 Å². The highest BCUT2D eigenvalue weighted by Crippen LogP contribution is 2.41. The number of pyridine rings is 1. The van der Waals surface area contributed by atoms with E-state index in [-0.39, 0.29) is 18.7 Å². The van der Waals surface area contributed by atoms with Crippen molar-refractivity contribution in [3.05, 3.63) is 82.9 Å². The van der Waals surface area contributed by atoms with Crippen molar-refractivity contribution < 1.29 is 5.11 Å². The summed E-state index contributed by atoms with van der Waals surface area (Å²) in [7, 11) is 0. The Morgan fingerprint density at radius 2 is 1.90 bits per heavy atom. The zero-order chi connectivity index (χ0) is 22.0. The second-order valence-corrected chi connectivity index (χ2v) is 8.43. The van der Waals surface area contributed by atoms with Crippen molar-refractivity contribution >= 4 is 17.3 Å². The molecule has 1 aliphatic rings. The van der Waals surface area contributed by atoms with Crippen LogP contribution in [-0.4, -0.2) is 37.8 Å². The minimum Gasteiger partial charge on any atom is -0.396 e. The Morgan fingerprint density at radius 1 is 1.13 bits per heavy atom. The van der Waals surface area contributed by atoms with Crippen LogP contribution in [-0.2, 0) is 6.42 Å². The number of nitrogens with zero attached hydrogens (tertiary/aromatic N) is 3. The highest BCUT2D eigenvalue weighted by atomic mass is 32.1. The lowest BCUT2D eigenvalue weighted by Gasteiger charge is -2.28. The van der Waals surface area contributed by atoms with Gasteiger partial charge in [-0.25, -0.2) is 0 Å². The molecule has 0 aliphatic carbocycles. The van der Waals surface area contributed by atoms with E-state index in [1.54, 1.807) is 0 Å². The molecule has 0 spiro atoms. The largest absolute Gasteiger partial charge is 0.396 e. The predicted octanol–water partition coefficient (Wildman–Crippen LogP) is 4.41. The molecule has 1 fully saturated rings. The molecule has 2 aromatic heterocycles. The topological polar surface area (TPSA) is 53.3 Å². The Hall–Kier alpha value is -2.70. The third kappa shape index (κ3) is 3.98. The Balaban J connectivity index is 1.83. The summed E-state index contributed by atoms with van der Waals surface area (Å²) in [6.45, 7) is 7.39. The lowest BCUT2D eigenvalue weighted by Crippen LogP contribution is -2.31. The smallest absolute Gasteiger partial charge is 0.170 e. The molecule has 162 valence electrons. The molecular formula is C25H30N4OS. The van der Waals surface area contributed by atoms with Crippen LogP contribution in [0.3, 0.4) is 0 Å². The maximum Gasteiger partial charge on any atom is 0.170 e. The molecule has 0 saturated carbocycles. The van der Waals surface area contributed by atoms with Crippen LogP contribution in [0.2, 0.25) is 0 Å². The first kappa shape index (κ1) is 21.5. The Bertz CT molecular complexity index is 1060. The second kappa shape index (κ2) is 9.20. The third-order valence-electron chi connectivity index (χ3n) is 6.16. The van der Waals surface area contributed by atoms with Crippen molar-refractivity contribution in [2.24, 2.45) is 0 Å². The van der Waals surface area contributed by atoms with E-state index in [1.165, 1.54) is 28.2 Å². The van der Waals surface area contributed by atoms with Crippen LogP contribution in [0.15, 0.2) is 54.7 Å². The third-order valence-corrected chi connectivity index (χ3v) is 6.51. The summed E-state index contributed by atoms with van der Waals surface area (Å²) in [4.78, 5) is 6.84. The molecule has 5 nitrogen and oxygen atoms in total. The van der Waals surface area contributed by atoms with Gasteiger partial charge >= 0.3 is 0 Å². The van der Waals surface area contributed by atoms with E-state index in [9.17, 15) is 5.11 Å². The number of hydrogen-bond donors (Lipinski definition) is 2. The summed E-state index contributed by atoms with van der Waals surface area (Å²) in [6, 6.07) is 16.9. The molecule has 0 radical (unpaired) electrons. The minimum absolute atomic E-state index is 0.0164. The Kier molecular flexibility index (Phi) is 6.39. The Morgan fingerprint density at radius 3 is 2.61 bits per heavy atom. The van der Waals surface area contributed by atoms with Crippen LogP contribution in [0.4, 0.5) is 0 Å². The fraction of sp³-hybridized carbons (Fsp3) is 0.360. The number of aliphatic hydroxyl groups is 1. The van der Waals surface area contributed by atoms with Gasteiger partial charge in [0.25, 0.3) is 0 Å². The first-order valence-electron chi connectivity index (χ1n) is 10.9. The minimum atomic E-state index is -0.0391. The molecule has 2 atom stereocenters. The van der Waals surface area contributed by atoms with E-state index >= 15 is 0 Å². The summed E-state index contributed by atoms with van der Waals surface area (Å²) < 4.78 is 2.36. The lowest BCUT2D eigenvalue weighted by atomic mass is 9.96. The van der Waals surface area contributed by atoms with Gasteiger partial charge in [0.2, 0.25) is 0 Å². The van der Waals surface area contributed by atoms with Gasteiger partial charge < -0.3 is 19.9 Å². The number of nitrogens with one attached hydrogen (secondary N) is 1. The summed E-state index contributed by atoms with van der Waals surface area (Å²) in [5.74, 6) is 0. The SMILES string of the molecule is CCc1ccccc1-n1c(C)cc([C@H]2[C@H](c3ccccn3)NC(=S)N2CCCO)c1C. The number of hydrogen-bond acceptors (Lipinski definition) is 3. The zero-order valence-electron chi connectivity index (χ0n) is 18.4. The fourth-order valence-corrected chi connectivity index (χ4v) is 5.04. The van der Waals surface area contributed by atoms with Crippen LogP contribution >= 0.6 is 12.2 Å². The van der Waals surface area contributed by atoms with E-state index in [1.807, 2.05) is 24.4 Å². The molecular weight excluding hydrogens is 404 g/mol. The number of aromatic nitrogens is 2. The number of benzene rings is 1. The number of aliphatic hydroxyl groups excluding tert-OH is 1. The molecule has 0 bridgehead atoms. The summed E-state index contributed by atoms with van der Waals surface area (Å²) in [5, 5.41) is 13.7. The van der Waals surface area contributed by atoms with Crippen LogP contribution in [0, 0.1) is 13.8 Å². The maximum absolute atomic E-state index is 9.45. The standard InChI is InChI=1S/C25H30N4OS/c1-4-19-10-5-6-12-22(19)29-17(2)16-20(18(29)3)24-23(21-11-7-8-13-26-21)27-25(31)28(24)14-9-15-30/h5-8,10-13,16,23-24,30H,4,9,14-15H2,1-3H3,(H,27,31)/t23-,24-/m0/s1. The van der Waals surface area contributed by atoms with Crippen molar-refractivity contribution in [1.29, 1.82) is 0 Å². The van der Waals surface area contributed by atoms with Gasteiger partial charge in [-0.05, 0) is 74.3 Å². The molecule has 31 heavy (non-hydrogen) atoms. The molecule has 3 heterocycles. The molecule has 4 rings (SSSR count). The van der Waals surface area contributed by atoms with Crippen LogP contribution < -0.4 is 5.32 Å². The molecule has 3 aromatic rings. The van der Waals surface area contributed by atoms with Gasteiger partial charge in [0.1, 0.15) is 0 Å². The maximum atomic E-state index is 9.45. The number of rotatable bonds is 7. The molecule has 6 heteroatoms. The van der Waals surface area contributed by atoms with E-state index in [0.717, 1.165) is 12.1 Å². The lowest BCUT2D eigenvalue weighted by molar-refractivity contribution is 0.247. The van der Waals surface area contributed by atoms with Crippen LogP contribution in [0.1, 0.15) is 53.6 Å². The van der Waals surface area contributed by atoms with Gasteiger partial charge in [-0.2, -0.15) is 0 Å². The van der Waals surface area contributed by atoms with Crippen molar-refractivity contribution in [3.8, 4) is 5.69 Å². The first-order valence-corrected chi connectivity index (χ1v) is 11.3. The average Bonchev–Trinajstić information content (AvgIpc) is 3.27. The van der Waals surface area contributed by atoms with E-state index in [0.29, 0.717) is 18.1 Å². The number of para-hydroxylation sites is 1. The van der Waals surface area contributed by atoms with Gasteiger partial charge in [0.15, 0.2) is 5.11 Å². The highest BCUT2D eigenvalue weighted by Gasteiger charge is 2.41. The quantitative estimate of drug-likeness (QED) is 0.540. The predicted molar refractivity (Wildman–Crippen MR) is 128 cm³/mol. The molecule has 1 aromatic carbocycles. The summed E-state index contributed by atoms with van der Waals surface area (Å²) in [5.41, 5.74) is 7.19.